The van der Waals surface area contributed by atoms with Gasteiger partial charge in [0.1, 0.15) is 11.6 Å². The fourth-order valence-electron chi connectivity index (χ4n) is 3.03. The third-order valence-electron chi connectivity index (χ3n) is 4.58. The molecule has 0 fully saturated rings. The van der Waals surface area contributed by atoms with Crippen LogP contribution in [0.25, 0.3) is 16.0 Å². The minimum atomic E-state index is -0.684. The number of hydrogen-bond acceptors (Lipinski definition) is 5. The Hall–Kier alpha value is -3.33. The molecule has 1 N–H and O–H groups in total. The number of likely N-dealkylation sites (N-methyl/N-ethyl adjacent to an activating group) is 1. The number of benzene rings is 2. The number of carbonyl (C=O) groups is 1. The molecule has 0 aliphatic heterocycles. The molecule has 2 heterocycles. The van der Waals surface area contributed by atoms with Crippen LogP contribution in [0, 0.1) is 18.6 Å². The van der Waals surface area contributed by atoms with E-state index in [1.54, 1.807) is 16.6 Å². The number of thiazole rings is 1. The number of para-hydroxylation sites is 1. The van der Waals surface area contributed by atoms with Crippen LogP contribution in [0.4, 0.5) is 13.9 Å². The average molecular weight is 427 g/mol. The Morgan fingerprint density at radius 1 is 1.20 bits per heavy atom. The molecule has 0 aliphatic rings. The fourth-order valence-corrected chi connectivity index (χ4v) is 3.98. The summed E-state index contributed by atoms with van der Waals surface area (Å²) in [6.45, 7) is 1.96. The summed E-state index contributed by atoms with van der Waals surface area (Å²) in [4.78, 5) is 18.7. The van der Waals surface area contributed by atoms with E-state index in [1.165, 1.54) is 17.4 Å². The molecule has 2 aromatic carbocycles. The van der Waals surface area contributed by atoms with Gasteiger partial charge in [0.05, 0.1) is 22.6 Å². The molecule has 0 unspecified atom stereocenters. The zero-order chi connectivity index (χ0) is 21.3. The van der Waals surface area contributed by atoms with Crippen molar-refractivity contribution in [3.05, 3.63) is 71.4 Å². The van der Waals surface area contributed by atoms with Crippen molar-refractivity contribution in [2.75, 3.05) is 18.5 Å². The molecule has 4 rings (SSSR count). The maximum Gasteiger partial charge on any atom is 0.239 e. The van der Waals surface area contributed by atoms with Gasteiger partial charge in [0.2, 0.25) is 5.91 Å². The molecule has 30 heavy (non-hydrogen) atoms. The minimum Gasteiger partial charge on any atom is -0.350 e. The number of nitrogens with zero attached hydrogens (tertiary/aromatic N) is 4. The van der Waals surface area contributed by atoms with Gasteiger partial charge in [-0.25, -0.2) is 13.5 Å². The summed E-state index contributed by atoms with van der Waals surface area (Å²) in [6.07, 6.45) is 0. The van der Waals surface area contributed by atoms with E-state index < -0.39 is 11.6 Å². The molecule has 2 aromatic heterocycles. The van der Waals surface area contributed by atoms with Gasteiger partial charge in [-0.2, -0.15) is 10.1 Å². The molecular weight excluding hydrogens is 408 g/mol. The molecule has 0 bridgehead atoms. The lowest BCUT2D eigenvalue weighted by Gasteiger charge is -2.15. The average Bonchev–Trinajstić information content (AvgIpc) is 3.29. The largest absolute Gasteiger partial charge is 0.350 e. The summed E-state index contributed by atoms with van der Waals surface area (Å²) in [7, 11) is 1.77. The van der Waals surface area contributed by atoms with Gasteiger partial charge < -0.3 is 10.2 Å². The first kappa shape index (κ1) is 20.0. The molecule has 0 radical (unpaired) electrons. The maximum absolute atomic E-state index is 13.7. The van der Waals surface area contributed by atoms with Crippen LogP contribution in [0.15, 0.2) is 48.5 Å². The van der Waals surface area contributed by atoms with Crippen LogP contribution >= 0.6 is 11.3 Å². The van der Waals surface area contributed by atoms with E-state index in [-0.39, 0.29) is 24.6 Å². The predicted octanol–water partition coefficient (Wildman–Crippen LogP) is 3.82. The minimum absolute atomic E-state index is 0.0132. The highest BCUT2D eigenvalue weighted by Gasteiger charge is 2.18. The van der Waals surface area contributed by atoms with Gasteiger partial charge in [-0.1, -0.05) is 35.6 Å². The molecule has 0 saturated heterocycles. The van der Waals surface area contributed by atoms with E-state index in [0.29, 0.717) is 5.13 Å². The third kappa shape index (κ3) is 4.02. The second-order valence-electron chi connectivity index (χ2n) is 6.85. The lowest BCUT2D eigenvalue weighted by atomic mass is 10.2. The highest BCUT2D eigenvalue weighted by Crippen LogP contribution is 2.31. The summed E-state index contributed by atoms with van der Waals surface area (Å²) in [6, 6.07) is 13.0. The number of amides is 1. The van der Waals surface area contributed by atoms with Crippen molar-refractivity contribution >= 4 is 32.7 Å². The van der Waals surface area contributed by atoms with Crippen LogP contribution in [0.2, 0.25) is 0 Å². The van der Waals surface area contributed by atoms with E-state index in [1.807, 2.05) is 37.3 Å². The lowest BCUT2D eigenvalue weighted by Crippen LogP contribution is -2.35. The van der Waals surface area contributed by atoms with Gasteiger partial charge in [-0.05, 0) is 25.1 Å². The Balaban J connectivity index is 1.46. The van der Waals surface area contributed by atoms with Gasteiger partial charge >= 0.3 is 0 Å². The second-order valence-corrected chi connectivity index (χ2v) is 7.83. The number of nitrogens with one attached hydrogen (secondary N) is 1. The second kappa shape index (κ2) is 8.19. The summed E-state index contributed by atoms with van der Waals surface area (Å²) in [5, 5.41) is 7.89. The van der Waals surface area contributed by atoms with E-state index in [9.17, 15) is 13.6 Å². The van der Waals surface area contributed by atoms with Crippen molar-refractivity contribution in [1.82, 2.24) is 20.1 Å². The number of halogens is 2. The van der Waals surface area contributed by atoms with Crippen LogP contribution in [0.5, 0.6) is 0 Å². The summed E-state index contributed by atoms with van der Waals surface area (Å²) >= 11 is 1.46. The van der Waals surface area contributed by atoms with Gasteiger partial charge in [0, 0.05) is 25.2 Å². The molecule has 9 heteroatoms. The van der Waals surface area contributed by atoms with Crippen molar-refractivity contribution in [1.29, 1.82) is 0 Å². The molecule has 6 nitrogen and oxygen atoms in total. The maximum atomic E-state index is 13.7. The van der Waals surface area contributed by atoms with Gasteiger partial charge in [-0.3, -0.25) is 4.79 Å². The lowest BCUT2D eigenvalue weighted by molar-refractivity contribution is -0.119. The van der Waals surface area contributed by atoms with Gasteiger partial charge in [-0.15, -0.1) is 0 Å². The molecule has 1 amide bonds. The Labute approximate surface area is 175 Å². The van der Waals surface area contributed by atoms with Crippen molar-refractivity contribution in [3.8, 4) is 5.69 Å². The summed E-state index contributed by atoms with van der Waals surface area (Å²) in [5.74, 6) is -1.62. The predicted molar refractivity (Wildman–Crippen MR) is 113 cm³/mol. The molecule has 4 aromatic rings. The first-order valence-electron chi connectivity index (χ1n) is 9.25. The zero-order valence-corrected chi connectivity index (χ0v) is 17.2. The Bertz CT molecular complexity index is 1210. The number of rotatable bonds is 6. The Morgan fingerprint density at radius 2 is 1.97 bits per heavy atom. The number of aromatic nitrogens is 3. The Morgan fingerprint density at radius 3 is 2.70 bits per heavy atom. The number of aryl methyl sites for hydroxylation is 1. The summed E-state index contributed by atoms with van der Waals surface area (Å²) in [5.41, 5.74) is 2.74. The topological polar surface area (TPSA) is 63.1 Å². The van der Waals surface area contributed by atoms with Crippen LogP contribution in [-0.2, 0) is 11.3 Å². The first-order chi connectivity index (χ1) is 14.4. The van der Waals surface area contributed by atoms with E-state index >= 15 is 0 Å². The van der Waals surface area contributed by atoms with Crippen molar-refractivity contribution in [2.24, 2.45) is 0 Å². The highest BCUT2D eigenvalue weighted by molar-refractivity contribution is 7.22. The molecule has 0 aliphatic carbocycles. The zero-order valence-electron chi connectivity index (χ0n) is 16.4. The van der Waals surface area contributed by atoms with Crippen molar-refractivity contribution in [2.45, 2.75) is 13.5 Å². The van der Waals surface area contributed by atoms with Crippen LogP contribution in [0.1, 0.15) is 11.3 Å². The summed E-state index contributed by atoms with van der Waals surface area (Å²) < 4.78 is 29.4. The number of hydrogen-bond donors (Lipinski definition) is 1. The number of fused-ring (bicyclic) bond motifs is 1. The fraction of sp³-hybridized carbons (Fsp3) is 0.190. The van der Waals surface area contributed by atoms with Crippen LogP contribution in [-0.4, -0.2) is 34.3 Å². The quantitative estimate of drug-likeness (QED) is 0.508. The molecular formula is C21H19F2N5OS. The first-order valence-corrected chi connectivity index (χ1v) is 10.1. The van der Waals surface area contributed by atoms with Crippen molar-refractivity contribution < 1.29 is 13.6 Å². The van der Waals surface area contributed by atoms with E-state index in [4.69, 9.17) is 0 Å². The van der Waals surface area contributed by atoms with E-state index in [0.717, 1.165) is 33.9 Å². The molecule has 154 valence electrons. The van der Waals surface area contributed by atoms with Gasteiger partial charge in [0.15, 0.2) is 10.8 Å². The number of anilines is 1. The third-order valence-corrected chi connectivity index (χ3v) is 5.84. The molecule has 0 atom stereocenters. The van der Waals surface area contributed by atoms with Crippen LogP contribution in [0.3, 0.4) is 0 Å². The highest BCUT2D eigenvalue weighted by atomic mass is 32.1. The normalized spacial score (nSPS) is 11.1. The van der Waals surface area contributed by atoms with E-state index in [2.05, 4.69) is 15.4 Å². The van der Waals surface area contributed by atoms with Crippen molar-refractivity contribution in [3.63, 3.8) is 0 Å². The molecule has 0 saturated carbocycles. The smallest absolute Gasteiger partial charge is 0.239 e. The van der Waals surface area contributed by atoms with Crippen LogP contribution < -0.4 is 10.2 Å². The standard InChI is InChI=1S/C21H19F2N5OS/c1-13-19-20(28(26-13)16-6-4-3-5-7-16)25-21(30-19)27(2)12-18(29)24-11-14-8-9-15(22)10-17(14)23/h3-10H,11-12H2,1-2H3,(H,24,29). The molecule has 0 spiro atoms. The number of carbonyl (C=O) groups excluding carboxylic acids is 1. The Kier molecular flexibility index (Phi) is 5.45. The monoisotopic (exact) mass is 427 g/mol. The van der Waals surface area contributed by atoms with Gasteiger partial charge in [0.25, 0.3) is 0 Å². The SMILES string of the molecule is Cc1nn(-c2ccccc2)c2nc(N(C)CC(=O)NCc3ccc(F)cc3F)sc12.